The molecule has 6 nitrogen and oxygen atoms in total. The van der Waals surface area contributed by atoms with Crippen LogP contribution in [0, 0.1) is 5.92 Å². The maximum Gasteiger partial charge on any atom is 0.409 e. The number of rotatable bonds is 5. The molecule has 2 aliphatic rings. The van der Waals surface area contributed by atoms with Crippen LogP contribution in [0.15, 0.2) is 24.3 Å². The molecule has 28 heavy (non-hydrogen) atoms. The van der Waals surface area contributed by atoms with Crippen LogP contribution in [0.3, 0.4) is 0 Å². The molecule has 1 saturated heterocycles. The third-order valence-corrected chi connectivity index (χ3v) is 5.82. The van der Waals surface area contributed by atoms with Gasteiger partial charge in [-0.25, -0.2) is 4.79 Å². The Bertz CT molecular complexity index is 683. The Morgan fingerprint density at radius 1 is 1.14 bits per heavy atom. The molecule has 1 aromatic carbocycles. The number of likely N-dealkylation sites (tertiary alicyclic amines) is 1. The lowest BCUT2D eigenvalue weighted by atomic mass is 9.94. The lowest BCUT2D eigenvalue weighted by Gasteiger charge is -2.38. The van der Waals surface area contributed by atoms with Crippen molar-refractivity contribution in [2.75, 3.05) is 26.2 Å². The van der Waals surface area contributed by atoms with Crippen molar-refractivity contribution in [3.05, 3.63) is 35.4 Å². The van der Waals surface area contributed by atoms with Gasteiger partial charge in [0.05, 0.1) is 12.6 Å². The van der Waals surface area contributed by atoms with Crippen LogP contribution in [0.4, 0.5) is 4.79 Å². The predicted molar refractivity (Wildman–Crippen MR) is 109 cm³/mol. The highest BCUT2D eigenvalue weighted by atomic mass is 16.6. The van der Waals surface area contributed by atoms with E-state index < -0.39 is 0 Å². The maximum atomic E-state index is 13.1. The number of amides is 2. The van der Waals surface area contributed by atoms with Gasteiger partial charge >= 0.3 is 6.09 Å². The SMILES string of the molecule is CCOC(=O)N1CCC(NC(=O)[C@@H](C(C)C)N2CCc3ccccc3C2)CC1. The molecule has 2 aliphatic heterocycles. The summed E-state index contributed by atoms with van der Waals surface area (Å²) in [5.41, 5.74) is 2.72. The number of piperidine rings is 1. The largest absolute Gasteiger partial charge is 0.450 e. The van der Waals surface area contributed by atoms with Crippen LogP contribution >= 0.6 is 0 Å². The fourth-order valence-electron chi connectivity index (χ4n) is 4.35. The van der Waals surface area contributed by atoms with Gasteiger partial charge in [0.15, 0.2) is 0 Å². The van der Waals surface area contributed by atoms with Gasteiger partial charge in [-0.15, -0.1) is 0 Å². The molecule has 1 aromatic rings. The average molecular weight is 388 g/mol. The second-order valence-corrected chi connectivity index (χ2v) is 8.15. The molecule has 6 heteroatoms. The molecule has 154 valence electrons. The first kappa shape index (κ1) is 20.6. The third kappa shape index (κ3) is 4.85. The summed E-state index contributed by atoms with van der Waals surface area (Å²) >= 11 is 0. The summed E-state index contributed by atoms with van der Waals surface area (Å²) in [5, 5.41) is 3.25. The summed E-state index contributed by atoms with van der Waals surface area (Å²) in [7, 11) is 0. The second-order valence-electron chi connectivity index (χ2n) is 8.15. The number of hydrogen-bond acceptors (Lipinski definition) is 4. The van der Waals surface area contributed by atoms with Crippen LogP contribution in [0.2, 0.25) is 0 Å². The molecule has 0 spiro atoms. The van der Waals surface area contributed by atoms with Crippen molar-refractivity contribution in [1.29, 1.82) is 0 Å². The van der Waals surface area contributed by atoms with Gasteiger partial charge in [-0.2, -0.15) is 0 Å². The zero-order valence-electron chi connectivity index (χ0n) is 17.3. The molecule has 0 aromatic heterocycles. The molecule has 1 N–H and O–H groups in total. The average Bonchev–Trinajstić information content (AvgIpc) is 2.68. The van der Waals surface area contributed by atoms with Crippen molar-refractivity contribution in [2.24, 2.45) is 5.92 Å². The lowest BCUT2D eigenvalue weighted by molar-refractivity contribution is -0.129. The van der Waals surface area contributed by atoms with Gasteiger partial charge in [0, 0.05) is 32.2 Å². The van der Waals surface area contributed by atoms with E-state index in [1.54, 1.807) is 4.90 Å². The number of fused-ring (bicyclic) bond motifs is 1. The van der Waals surface area contributed by atoms with E-state index in [4.69, 9.17) is 4.74 Å². The molecule has 0 bridgehead atoms. The molecular weight excluding hydrogens is 354 g/mol. The quantitative estimate of drug-likeness (QED) is 0.844. The van der Waals surface area contributed by atoms with Gasteiger partial charge in [-0.05, 0) is 43.2 Å². The molecule has 2 amide bonds. The van der Waals surface area contributed by atoms with Crippen molar-refractivity contribution in [2.45, 2.75) is 58.7 Å². The van der Waals surface area contributed by atoms with Crippen molar-refractivity contribution in [3.63, 3.8) is 0 Å². The topological polar surface area (TPSA) is 61.9 Å². The van der Waals surface area contributed by atoms with Crippen LogP contribution in [0.25, 0.3) is 0 Å². The van der Waals surface area contributed by atoms with Crippen molar-refractivity contribution in [3.8, 4) is 0 Å². The zero-order valence-corrected chi connectivity index (χ0v) is 17.3. The van der Waals surface area contributed by atoms with Crippen LogP contribution in [0.5, 0.6) is 0 Å². The van der Waals surface area contributed by atoms with Gasteiger partial charge in [0.2, 0.25) is 5.91 Å². The van der Waals surface area contributed by atoms with E-state index in [2.05, 4.69) is 48.3 Å². The Morgan fingerprint density at radius 2 is 1.82 bits per heavy atom. The Balaban J connectivity index is 1.57. The number of carbonyl (C=O) groups is 2. The van der Waals surface area contributed by atoms with E-state index >= 15 is 0 Å². The summed E-state index contributed by atoms with van der Waals surface area (Å²) in [6.45, 7) is 9.45. The normalized spacial score (nSPS) is 19.2. The van der Waals surface area contributed by atoms with Crippen LogP contribution in [0.1, 0.15) is 44.7 Å². The molecule has 1 atom stereocenters. The van der Waals surface area contributed by atoms with Gasteiger partial charge in [-0.1, -0.05) is 38.1 Å². The van der Waals surface area contributed by atoms with E-state index in [0.29, 0.717) is 19.7 Å². The summed E-state index contributed by atoms with van der Waals surface area (Å²) in [6.07, 6.45) is 2.29. The van der Waals surface area contributed by atoms with Crippen molar-refractivity contribution in [1.82, 2.24) is 15.1 Å². The molecule has 0 aliphatic carbocycles. The van der Waals surface area contributed by atoms with E-state index in [-0.39, 0.29) is 30.0 Å². The van der Waals surface area contributed by atoms with E-state index in [0.717, 1.165) is 32.4 Å². The zero-order chi connectivity index (χ0) is 20.1. The Hall–Kier alpha value is -2.08. The fraction of sp³-hybridized carbons (Fsp3) is 0.636. The van der Waals surface area contributed by atoms with Crippen molar-refractivity contribution >= 4 is 12.0 Å². The second kappa shape index (κ2) is 9.41. The number of nitrogens with zero attached hydrogens (tertiary/aromatic N) is 2. The molecule has 1 fully saturated rings. The molecular formula is C22H33N3O3. The van der Waals surface area contributed by atoms with Gasteiger partial charge in [0.1, 0.15) is 0 Å². The van der Waals surface area contributed by atoms with E-state index in [1.807, 2.05) is 6.92 Å². The number of ether oxygens (including phenoxy) is 1. The number of carbonyl (C=O) groups excluding carboxylic acids is 2. The highest BCUT2D eigenvalue weighted by Crippen LogP contribution is 2.23. The number of benzene rings is 1. The summed E-state index contributed by atoms with van der Waals surface area (Å²) in [5.74, 6) is 0.355. The fourth-order valence-corrected chi connectivity index (χ4v) is 4.35. The minimum atomic E-state index is -0.251. The highest BCUT2D eigenvalue weighted by molar-refractivity contribution is 5.82. The van der Waals surface area contributed by atoms with E-state index in [1.165, 1.54) is 11.1 Å². The van der Waals surface area contributed by atoms with Crippen LogP contribution in [-0.4, -0.2) is 60.1 Å². The molecule has 0 unspecified atom stereocenters. The third-order valence-electron chi connectivity index (χ3n) is 5.82. The van der Waals surface area contributed by atoms with Gasteiger partial charge < -0.3 is 15.0 Å². The Kier molecular flexibility index (Phi) is 6.94. The van der Waals surface area contributed by atoms with Crippen molar-refractivity contribution < 1.29 is 14.3 Å². The Labute approximate surface area is 168 Å². The van der Waals surface area contributed by atoms with Crippen LogP contribution in [-0.2, 0) is 22.5 Å². The van der Waals surface area contributed by atoms with Crippen LogP contribution < -0.4 is 5.32 Å². The molecule has 2 heterocycles. The Morgan fingerprint density at radius 3 is 2.46 bits per heavy atom. The summed E-state index contributed by atoms with van der Waals surface area (Å²) in [4.78, 5) is 29.0. The molecule has 3 rings (SSSR count). The monoisotopic (exact) mass is 387 g/mol. The summed E-state index contributed by atoms with van der Waals surface area (Å²) in [6, 6.07) is 8.51. The smallest absolute Gasteiger partial charge is 0.409 e. The first-order valence-electron chi connectivity index (χ1n) is 10.5. The standard InChI is InChI=1S/C22H33N3O3/c1-4-28-22(27)24-13-10-19(11-14-24)23-21(26)20(16(2)3)25-12-9-17-7-5-6-8-18(17)15-25/h5-8,16,19-20H,4,9-15H2,1-3H3,(H,23,26)/t20-/m1/s1. The first-order chi connectivity index (χ1) is 13.5. The minimum absolute atomic E-state index is 0.115. The summed E-state index contributed by atoms with van der Waals surface area (Å²) < 4.78 is 5.07. The van der Waals surface area contributed by atoms with Gasteiger partial charge in [-0.3, -0.25) is 9.69 Å². The first-order valence-corrected chi connectivity index (χ1v) is 10.5. The van der Waals surface area contributed by atoms with Gasteiger partial charge in [0.25, 0.3) is 0 Å². The highest BCUT2D eigenvalue weighted by Gasteiger charge is 2.33. The number of hydrogen-bond donors (Lipinski definition) is 1. The maximum absolute atomic E-state index is 13.1. The van der Waals surface area contributed by atoms with E-state index in [9.17, 15) is 9.59 Å². The number of nitrogens with one attached hydrogen (secondary N) is 1. The minimum Gasteiger partial charge on any atom is -0.450 e. The molecule has 0 radical (unpaired) electrons. The predicted octanol–water partition coefficient (Wildman–Crippen LogP) is 2.81. The lowest BCUT2D eigenvalue weighted by Crippen LogP contribution is -2.55. The molecule has 0 saturated carbocycles.